The lowest BCUT2D eigenvalue weighted by Gasteiger charge is -2.10. The molecule has 0 spiro atoms. The zero-order valence-corrected chi connectivity index (χ0v) is 14.8. The Bertz CT molecular complexity index is 898. The van der Waals surface area contributed by atoms with E-state index in [4.69, 9.17) is 17.0 Å². The largest absolute Gasteiger partial charge is 0.490 e. The van der Waals surface area contributed by atoms with Gasteiger partial charge in [-0.2, -0.15) is 0 Å². The van der Waals surface area contributed by atoms with E-state index < -0.39 is 10.8 Å². The van der Waals surface area contributed by atoms with Gasteiger partial charge >= 0.3 is 5.69 Å². The summed E-state index contributed by atoms with van der Waals surface area (Å²) in [5.74, 6) is -0.668. The molecule has 26 heavy (non-hydrogen) atoms. The van der Waals surface area contributed by atoms with Crippen molar-refractivity contribution < 1.29 is 19.2 Å². The summed E-state index contributed by atoms with van der Waals surface area (Å²) in [5, 5.41) is 16.2. The average Bonchev–Trinajstić information content (AvgIpc) is 2.61. The Morgan fingerprint density at radius 2 is 1.88 bits per heavy atom. The lowest BCUT2D eigenvalue weighted by Crippen LogP contribution is -2.34. The SMILES string of the molecule is COc1ccc(C(=O)NC(=S)Nc2cccc(C(C)=O)c2)cc1[N+](=O)[O-]. The van der Waals surface area contributed by atoms with Crippen LogP contribution in [0, 0.1) is 10.1 Å². The Labute approximate surface area is 154 Å². The van der Waals surface area contributed by atoms with Crippen LogP contribution in [0.2, 0.25) is 0 Å². The Hall–Kier alpha value is -3.33. The first-order chi connectivity index (χ1) is 12.3. The van der Waals surface area contributed by atoms with Crippen molar-refractivity contribution in [1.82, 2.24) is 5.32 Å². The number of methoxy groups -OCH3 is 1. The third kappa shape index (κ3) is 4.61. The van der Waals surface area contributed by atoms with Gasteiger partial charge in [-0.1, -0.05) is 12.1 Å². The maximum absolute atomic E-state index is 12.2. The number of nitrogens with one attached hydrogen (secondary N) is 2. The van der Waals surface area contributed by atoms with E-state index in [1.807, 2.05) is 0 Å². The molecule has 8 nitrogen and oxygen atoms in total. The first-order valence-corrected chi connectivity index (χ1v) is 7.78. The molecule has 0 heterocycles. The van der Waals surface area contributed by atoms with Crippen molar-refractivity contribution in [2.24, 2.45) is 0 Å². The topological polar surface area (TPSA) is 111 Å². The summed E-state index contributed by atoms with van der Waals surface area (Å²) in [7, 11) is 1.30. The first-order valence-electron chi connectivity index (χ1n) is 7.37. The van der Waals surface area contributed by atoms with E-state index in [1.165, 1.54) is 26.2 Å². The Morgan fingerprint density at radius 3 is 2.50 bits per heavy atom. The fourth-order valence-corrected chi connectivity index (χ4v) is 2.34. The van der Waals surface area contributed by atoms with Crippen LogP contribution < -0.4 is 15.4 Å². The van der Waals surface area contributed by atoms with Gasteiger partial charge in [-0.3, -0.25) is 25.0 Å². The molecule has 0 saturated heterocycles. The predicted molar refractivity (Wildman–Crippen MR) is 99.8 cm³/mol. The number of rotatable bonds is 5. The number of hydrogen-bond donors (Lipinski definition) is 2. The minimum absolute atomic E-state index is 0.00540. The van der Waals surface area contributed by atoms with Crippen molar-refractivity contribution in [3.63, 3.8) is 0 Å². The number of thiocarbonyl (C=S) groups is 1. The van der Waals surface area contributed by atoms with E-state index in [-0.39, 0.29) is 27.9 Å². The van der Waals surface area contributed by atoms with Gasteiger partial charge in [-0.05, 0) is 43.4 Å². The molecule has 0 radical (unpaired) electrons. The average molecular weight is 373 g/mol. The van der Waals surface area contributed by atoms with Crippen LogP contribution in [0.4, 0.5) is 11.4 Å². The molecule has 0 saturated carbocycles. The summed E-state index contributed by atoms with van der Waals surface area (Å²) in [5.41, 5.74) is 0.756. The summed E-state index contributed by atoms with van der Waals surface area (Å²) in [6, 6.07) is 10.4. The van der Waals surface area contributed by atoms with Gasteiger partial charge in [0.25, 0.3) is 5.91 Å². The quantitative estimate of drug-likeness (QED) is 0.359. The highest BCUT2D eigenvalue weighted by molar-refractivity contribution is 7.80. The molecule has 2 rings (SSSR count). The highest BCUT2D eigenvalue weighted by Gasteiger charge is 2.18. The van der Waals surface area contributed by atoms with Gasteiger partial charge in [-0.25, -0.2) is 0 Å². The van der Waals surface area contributed by atoms with Crippen LogP contribution in [0.3, 0.4) is 0 Å². The van der Waals surface area contributed by atoms with E-state index >= 15 is 0 Å². The summed E-state index contributed by atoms with van der Waals surface area (Å²) in [6.07, 6.45) is 0. The van der Waals surface area contributed by atoms with Gasteiger partial charge in [0, 0.05) is 22.9 Å². The number of amides is 1. The number of nitrogens with zero attached hydrogens (tertiary/aromatic N) is 1. The number of carbonyl (C=O) groups is 2. The lowest BCUT2D eigenvalue weighted by atomic mass is 10.1. The second-order valence-corrected chi connectivity index (χ2v) is 5.60. The number of nitro groups is 1. The smallest absolute Gasteiger partial charge is 0.311 e. The van der Waals surface area contributed by atoms with Crippen LogP contribution in [0.1, 0.15) is 27.6 Å². The highest BCUT2D eigenvalue weighted by Crippen LogP contribution is 2.27. The van der Waals surface area contributed by atoms with Crippen LogP contribution in [0.5, 0.6) is 5.75 Å². The Kier molecular flexibility index (Phi) is 5.97. The number of ketones is 1. The summed E-state index contributed by atoms with van der Waals surface area (Å²) in [6.45, 7) is 1.44. The van der Waals surface area contributed by atoms with Crippen molar-refractivity contribution in [3.05, 3.63) is 63.7 Å². The van der Waals surface area contributed by atoms with Crippen LogP contribution in [-0.2, 0) is 0 Å². The third-order valence-corrected chi connectivity index (χ3v) is 3.60. The summed E-state index contributed by atoms with van der Waals surface area (Å²) < 4.78 is 4.89. The van der Waals surface area contributed by atoms with E-state index in [0.717, 1.165) is 6.07 Å². The van der Waals surface area contributed by atoms with E-state index in [2.05, 4.69) is 10.6 Å². The minimum atomic E-state index is -0.639. The highest BCUT2D eigenvalue weighted by atomic mass is 32.1. The van der Waals surface area contributed by atoms with E-state index in [9.17, 15) is 19.7 Å². The molecule has 0 aliphatic rings. The molecule has 0 aliphatic heterocycles. The first kappa shape index (κ1) is 19.0. The zero-order valence-electron chi connectivity index (χ0n) is 13.9. The standard InChI is InChI=1S/C17H15N3O5S/c1-10(21)11-4-3-5-13(8-11)18-17(26)19-16(22)12-6-7-15(25-2)14(9-12)20(23)24/h3-9H,1-2H3,(H2,18,19,22,26). The van der Waals surface area contributed by atoms with Gasteiger partial charge < -0.3 is 10.1 Å². The normalized spacial score (nSPS) is 9.92. The van der Waals surface area contributed by atoms with E-state index in [1.54, 1.807) is 24.3 Å². The molecule has 134 valence electrons. The molecule has 0 atom stereocenters. The number of carbonyl (C=O) groups excluding carboxylic acids is 2. The van der Waals surface area contributed by atoms with Crippen molar-refractivity contribution in [2.75, 3.05) is 12.4 Å². The fraction of sp³-hybridized carbons (Fsp3) is 0.118. The van der Waals surface area contributed by atoms with Crippen molar-refractivity contribution in [1.29, 1.82) is 0 Å². The number of Topliss-reactive ketones (excluding diaryl/α,β-unsaturated/α-hetero) is 1. The molecule has 0 bridgehead atoms. The Balaban J connectivity index is 2.11. The van der Waals surface area contributed by atoms with Gasteiger partial charge in [-0.15, -0.1) is 0 Å². The number of hydrogen-bond acceptors (Lipinski definition) is 6. The molecule has 0 fully saturated rings. The van der Waals surface area contributed by atoms with Gasteiger partial charge in [0.2, 0.25) is 0 Å². The molecule has 0 aromatic heterocycles. The predicted octanol–water partition coefficient (Wildman–Crippen LogP) is 2.93. The molecule has 0 unspecified atom stereocenters. The number of anilines is 1. The van der Waals surface area contributed by atoms with Gasteiger partial charge in [0.05, 0.1) is 12.0 Å². The summed E-state index contributed by atoms with van der Waals surface area (Å²) >= 11 is 5.07. The second kappa shape index (κ2) is 8.17. The molecule has 0 aliphatic carbocycles. The minimum Gasteiger partial charge on any atom is -0.490 e. The van der Waals surface area contributed by atoms with Crippen LogP contribution in [-0.4, -0.2) is 28.8 Å². The molecular weight excluding hydrogens is 358 g/mol. The maximum atomic E-state index is 12.2. The molecule has 2 aromatic carbocycles. The number of nitro benzene ring substituents is 1. The number of ether oxygens (including phenoxy) is 1. The Morgan fingerprint density at radius 1 is 1.15 bits per heavy atom. The zero-order chi connectivity index (χ0) is 19.3. The van der Waals surface area contributed by atoms with Crippen molar-refractivity contribution in [2.45, 2.75) is 6.92 Å². The monoisotopic (exact) mass is 373 g/mol. The lowest BCUT2D eigenvalue weighted by molar-refractivity contribution is -0.385. The fourth-order valence-electron chi connectivity index (χ4n) is 2.13. The van der Waals surface area contributed by atoms with Crippen molar-refractivity contribution in [3.8, 4) is 5.75 Å². The molecular formula is C17H15N3O5S. The molecule has 9 heteroatoms. The second-order valence-electron chi connectivity index (χ2n) is 5.19. The van der Waals surface area contributed by atoms with Crippen LogP contribution in [0.25, 0.3) is 0 Å². The van der Waals surface area contributed by atoms with E-state index in [0.29, 0.717) is 11.3 Å². The molecule has 2 N–H and O–H groups in total. The van der Waals surface area contributed by atoms with Crippen LogP contribution >= 0.6 is 12.2 Å². The van der Waals surface area contributed by atoms with Crippen LogP contribution in [0.15, 0.2) is 42.5 Å². The van der Waals surface area contributed by atoms with Gasteiger partial charge in [0.15, 0.2) is 16.6 Å². The molecule has 1 amide bonds. The van der Waals surface area contributed by atoms with Gasteiger partial charge in [0.1, 0.15) is 0 Å². The molecule has 2 aromatic rings. The van der Waals surface area contributed by atoms with Crippen molar-refractivity contribution >= 4 is 40.4 Å². The summed E-state index contributed by atoms with van der Waals surface area (Å²) in [4.78, 5) is 34.0. The third-order valence-electron chi connectivity index (χ3n) is 3.39. The number of benzene rings is 2. The maximum Gasteiger partial charge on any atom is 0.311 e.